The fraction of sp³-hybridized carbons (Fsp3) is 0.533. The van der Waals surface area contributed by atoms with E-state index in [1.54, 1.807) is 6.07 Å². The Morgan fingerprint density at radius 3 is 2.74 bits per heavy atom. The number of benzene rings is 1. The van der Waals surface area contributed by atoms with E-state index in [1.165, 1.54) is 12.8 Å². The highest BCUT2D eigenvalue weighted by Crippen LogP contribution is 2.31. The molecule has 1 saturated heterocycles. The molecule has 4 nitrogen and oxygen atoms in total. The zero-order valence-electron chi connectivity index (χ0n) is 11.1. The van der Waals surface area contributed by atoms with Crippen LogP contribution >= 0.6 is 0 Å². The highest BCUT2D eigenvalue weighted by molar-refractivity contribution is 5.85. The Hall–Kier alpha value is -1.55. The normalized spacial score (nSPS) is 30.6. The number of phenols is 1. The van der Waals surface area contributed by atoms with Crippen LogP contribution in [0.4, 0.5) is 0 Å². The summed E-state index contributed by atoms with van der Waals surface area (Å²) in [6.07, 6.45) is 4.53. The predicted octanol–water partition coefficient (Wildman–Crippen LogP) is 1.77. The van der Waals surface area contributed by atoms with Crippen molar-refractivity contribution in [3.05, 3.63) is 29.3 Å². The third-order valence-electron chi connectivity index (χ3n) is 4.23. The van der Waals surface area contributed by atoms with Gasteiger partial charge in [0, 0.05) is 17.6 Å². The van der Waals surface area contributed by atoms with Crippen LogP contribution in [0.3, 0.4) is 0 Å². The summed E-state index contributed by atoms with van der Waals surface area (Å²) in [5, 5.41) is 16.5. The number of nitrogens with one attached hydrogen (secondary N) is 2. The maximum Gasteiger partial charge on any atom is 0.242 e. The molecule has 3 rings (SSSR count). The molecule has 3 N–H and O–H groups in total. The smallest absolute Gasteiger partial charge is 0.242 e. The van der Waals surface area contributed by atoms with Gasteiger partial charge < -0.3 is 10.4 Å². The van der Waals surface area contributed by atoms with Gasteiger partial charge in [0.2, 0.25) is 5.91 Å². The highest BCUT2D eigenvalue weighted by atomic mass is 16.3. The van der Waals surface area contributed by atoms with E-state index in [0.717, 1.165) is 18.4 Å². The lowest BCUT2D eigenvalue weighted by molar-refractivity contribution is -0.127. The molecule has 2 aliphatic rings. The van der Waals surface area contributed by atoms with Gasteiger partial charge in [-0.15, -0.1) is 0 Å². The first kappa shape index (κ1) is 12.5. The van der Waals surface area contributed by atoms with Crippen LogP contribution in [0.1, 0.15) is 42.9 Å². The van der Waals surface area contributed by atoms with E-state index in [-0.39, 0.29) is 17.7 Å². The van der Waals surface area contributed by atoms with Gasteiger partial charge in [-0.25, -0.2) is 0 Å². The van der Waals surface area contributed by atoms with E-state index >= 15 is 0 Å². The average Bonchev–Trinajstić information content (AvgIpc) is 2.41. The van der Waals surface area contributed by atoms with Gasteiger partial charge in [-0.2, -0.15) is 0 Å². The van der Waals surface area contributed by atoms with Crippen LogP contribution in [0.5, 0.6) is 5.75 Å². The third-order valence-corrected chi connectivity index (χ3v) is 4.23. The zero-order chi connectivity index (χ0) is 13.4. The maximum atomic E-state index is 12.2. The molecule has 2 fully saturated rings. The van der Waals surface area contributed by atoms with Crippen LogP contribution in [0, 0.1) is 6.92 Å². The summed E-state index contributed by atoms with van der Waals surface area (Å²) < 4.78 is 0. The topological polar surface area (TPSA) is 61.4 Å². The number of carbonyl (C=O) groups excluding carboxylic acids is 1. The average molecular weight is 260 g/mol. The molecule has 0 spiro atoms. The van der Waals surface area contributed by atoms with Crippen LogP contribution in [0.25, 0.3) is 0 Å². The van der Waals surface area contributed by atoms with Gasteiger partial charge in [-0.05, 0) is 25.8 Å². The van der Waals surface area contributed by atoms with E-state index in [4.69, 9.17) is 0 Å². The monoisotopic (exact) mass is 260 g/mol. The summed E-state index contributed by atoms with van der Waals surface area (Å²) in [4.78, 5) is 12.2. The van der Waals surface area contributed by atoms with Gasteiger partial charge in [-0.1, -0.05) is 30.5 Å². The molecular formula is C15H20N2O2. The first-order chi connectivity index (χ1) is 9.15. The lowest BCUT2D eigenvalue weighted by atomic mass is 9.86. The van der Waals surface area contributed by atoms with Gasteiger partial charge in [0.05, 0.1) is 0 Å². The maximum absolute atomic E-state index is 12.2. The first-order valence-electron chi connectivity index (χ1n) is 7.01. The largest absolute Gasteiger partial charge is 0.508 e. The molecule has 4 heteroatoms. The SMILES string of the molecule is Cc1ccc(O)c([C@@H]2N[C@@H]3CCCC[C@H]3NC2=O)c1. The summed E-state index contributed by atoms with van der Waals surface area (Å²) in [5.41, 5.74) is 1.73. The van der Waals surface area contributed by atoms with Crippen LogP contribution in [-0.4, -0.2) is 23.1 Å². The highest BCUT2D eigenvalue weighted by Gasteiger charge is 2.37. The quantitative estimate of drug-likeness (QED) is 0.721. The number of phenolic OH excluding ortho intramolecular Hbond substituents is 1. The van der Waals surface area contributed by atoms with Crippen LogP contribution < -0.4 is 10.6 Å². The lowest BCUT2D eigenvalue weighted by Crippen LogP contribution is -2.61. The number of amides is 1. The molecule has 1 heterocycles. The number of rotatable bonds is 1. The molecule has 3 atom stereocenters. The minimum atomic E-state index is -0.431. The van der Waals surface area contributed by atoms with Crippen LogP contribution in [0.15, 0.2) is 18.2 Å². The fourth-order valence-corrected chi connectivity index (χ4v) is 3.20. The zero-order valence-corrected chi connectivity index (χ0v) is 11.1. The first-order valence-corrected chi connectivity index (χ1v) is 7.01. The number of aryl methyl sites for hydroxylation is 1. The van der Waals surface area contributed by atoms with Gasteiger partial charge in [0.15, 0.2) is 0 Å². The molecule has 1 aliphatic heterocycles. The fourth-order valence-electron chi connectivity index (χ4n) is 3.20. The molecule has 0 bridgehead atoms. The lowest BCUT2D eigenvalue weighted by Gasteiger charge is -2.40. The standard InChI is InChI=1S/C15H20N2O2/c1-9-6-7-13(18)10(8-9)14-15(19)17-12-5-3-2-4-11(12)16-14/h6-8,11-12,14,16,18H,2-5H2,1H3,(H,17,19)/t11-,12-,14+/m1/s1. The molecule has 0 unspecified atom stereocenters. The molecule has 102 valence electrons. The molecule has 1 saturated carbocycles. The van der Waals surface area contributed by atoms with E-state index in [9.17, 15) is 9.90 Å². The summed E-state index contributed by atoms with van der Waals surface area (Å²) in [6, 6.07) is 5.55. The summed E-state index contributed by atoms with van der Waals surface area (Å²) in [7, 11) is 0. The van der Waals surface area contributed by atoms with Crippen molar-refractivity contribution in [3.63, 3.8) is 0 Å². The van der Waals surface area contributed by atoms with E-state index in [1.807, 2.05) is 19.1 Å². The molecule has 0 aromatic heterocycles. The Labute approximate surface area is 113 Å². The Balaban J connectivity index is 1.88. The Bertz CT molecular complexity index is 501. The van der Waals surface area contributed by atoms with E-state index < -0.39 is 6.04 Å². The molecule has 1 amide bonds. The number of carbonyl (C=O) groups is 1. The number of fused-ring (bicyclic) bond motifs is 1. The van der Waals surface area contributed by atoms with Gasteiger partial charge >= 0.3 is 0 Å². The molecule has 1 aromatic rings. The molecule has 1 aliphatic carbocycles. The summed E-state index contributed by atoms with van der Waals surface area (Å²) in [5.74, 6) is 0.163. The van der Waals surface area contributed by atoms with E-state index in [0.29, 0.717) is 11.6 Å². The minimum absolute atomic E-state index is 0.0240. The molecule has 1 aromatic carbocycles. The third kappa shape index (κ3) is 2.32. The van der Waals surface area contributed by atoms with Crippen molar-refractivity contribution in [2.75, 3.05) is 0 Å². The van der Waals surface area contributed by atoms with Crippen molar-refractivity contribution in [1.29, 1.82) is 0 Å². The Morgan fingerprint density at radius 1 is 1.21 bits per heavy atom. The summed E-state index contributed by atoms with van der Waals surface area (Å²) in [6.45, 7) is 1.97. The van der Waals surface area contributed by atoms with Crippen molar-refractivity contribution in [1.82, 2.24) is 10.6 Å². The Kier molecular flexibility index (Phi) is 3.19. The second-order valence-corrected chi connectivity index (χ2v) is 5.67. The number of aromatic hydroxyl groups is 1. The number of hydrogen-bond donors (Lipinski definition) is 3. The molecule has 0 radical (unpaired) electrons. The summed E-state index contributed by atoms with van der Waals surface area (Å²) >= 11 is 0. The van der Waals surface area contributed by atoms with Gasteiger partial charge in [-0.3, -0.25) is 10.1 Å². The Morgan fingerprint density at radius 2 is 1.95 bits per heavy atom. The van der Waals surface area contributed by atoms with Crippen molar-refractivity contribution in [2.24, 2.45) is 0 Å². The minimum Gasteiger partial charge on any atom is -0.508 e. The second-order valence-electron chi connectivity index (χ2n) is 5.67. The van der Waals surface area contributed by atoms with Gasteiger partial charge in [0.25, 0.3) is 0 Å². The molecule has 19 heavy (non-hydrogen) atoms. The van der Waals surface area contributed by atoms with Crippen molar-refractivity contribution >= 4 is 5.91 Å². The van der Waals surface area contributed by atoms with Crippen LogP contribution in [0.2, 0.25) is 0 Å². The van der Waals surface area contributed by atoms with E-state index in [2.05, 4.69) is 10.6 Å². The van der Waals surface area contributed by atoms with Gasteiger partial charge in [0.1, 0.15) is 11.8 Å². The van der Waals surface area contributed by atoms with Crippen LogP contribution in [-0.2, 0) is 4.79 Å². The molecular weight excluding hydrogens is 240 g/mol. The second kappa shape index (κ2) is 4.85. The van der Waals surface area contributed by atoms with Crippen molar-refractivity contribution < 1.29 is 9.90 Å². The number of piperazine rings is 1. The number of hydrogen-bond acceptors (Lipinski definition) is 3. The van der Waals surface area contributed by atoms with Crippen molar-refractivity contribution in [2.45, 2.75) is 50.7 Å². The van der Waals surface area contributed by atoms with Crippen molar-refractivity contribution in [3.8, 4) is 5.75 Å². The predicted molar refractivity (Wildman–Crippen MR) is 72.9 cm³/mol.